The van der Waals surface area contributed by atoms with Crippen LogP contribution in [0.4, 0.5) is 0 Å². The number of carbonyl (C=O) groups excluding carboxylic acids is 1. The number of fused-ring (bicyclic) bond motifs is 1. The van der Waals surface area contributed by atoms with Crippen LogP contribution in [0.3, 0.4) is 0 Å². The number of rotatable bonds is 2. The van der Waals surface area contributed by atoms with Crippen molar-refractivity contribution in [3.8, 4) is 0 Å². The van der Waals surface area contributed by atoms with Gasteiger partial charge < -0.3 is 19.3 Å². The monoisotopic (exact) mass is 264 g/mol. The number of ether oxygens (including phenoxy) is 1. The Labute approximate surface area is 110 Å². The lowest BCUT2D eigenvalue weighted by Gasteiger charge is -2.39. The maximum atomic E-state index is 12.4. The zero-order valence-electron chi connectivity index (χ0n) is 10.8. The Balaban J connectivity index is 2.01. The standard InChI is InChI=1S/C13H16N2O4/c1-8-2-3-14(8)12(16)10-6-9(13(17)18)11-7-19-5-4-15(10)11/h6,8H,2-5,7H2,1H3,(H,17,18). The molecule has 0 bridgehead atoms. The maximum absolute atomic E-state index is 12.4. The highest BCUT2D eigenvalue weighted by Gasteiger charge is 2.33. The van der Waals surface area contributed by atoms with Crippen LogP contribution in [0.2, 0.25) is 0 Å². The van der Waals surface area contributed by atoms with Gasteiger partial charge in [-0.3, -0.25) is 4.79 Å². The summed E-state index contributed by atoms with van der Waals surface area (Å²) in [6, 6.07) is 1.73. The van der Waals surface area contributed by atoms with E-state index in [1.807, 2.05) is 6.92 Å². The summed E-state index contributed by atoms with van der Waals surface area (Å²) in [5.41, 5.74) is 1.24. The van der Waals surface area contributed by atoms with Gasteiger partial charge in [-0.1, -0.05) is 0 Å². The van der Waals surface area contributed by atoms with Crippen molar-refractivity contribution in [1.29, 1.82) is 0 Å². The van der Waals surface area contributed by atoms with E-state index in [2.05, 4.69) is 0 Å². The van der Waals surface area contributed by atoms with Gasteiger partial charge in [0.15, 0.2) is 0 Å². The molecule has 1 atom stereocenters. The second-order valence-electron chi connectivity index (χ2n) is 5.04. The molecule has 0 aliphatic carbocycles. The molecule has 0 spiro atoms. The molecular weight excluding hydrogens is 248 g/mol. The molecule has 2 aliphatic heterocycles. The van der Waals surface area contributed by atoms with Gasteiger partial charge in [0.2, 0.25) is 0 Å². The Bertz CT molecular complexity index is 549. The summed E-state index contributed by atoms with van der Waals surface area (Å²) < 4.78 is 7.08. The fourth-order valence-electron chi connectivity index (χ4n) is 2.65. The molecule has 6 heteroatoms. The average molecular weight is 264 g/mol. The lowest BCUT2D eigenvalue weighted by atomic mass is 10.0. The van der Waals surface area contributed by atoms with E-state index in [4.69, 9.17) is 4.74 Å². The van der Waals surface area contributed by atoms with E-state index in [0.717, 1.165) is 13.0 Å². The molecule has 2 aliphatic rings. The second kappa shape index (κ2) is 4.38. The fraction of sp³-hybridized carbons (Fsp3) is 0.538. The first-order chi connectivity index (χ1) is 9.09. The van der Waals surface area contributed by atoms with Crippen LogP contribution in [0.15, 0.2) is 6.07 Å². The summed E-state index contributed by atoms with van der Waals surface area (Å²) in [7, 11) is 0. The van der Waals surface area contributed by atoms with Crippen molar-refractivity contribution in [2.24, 2.45) is 0 Å². The van der Waals surface area contributed by atoms with Crippen molar-refractivity contribution in [3.63, 3.8) is 0 Å². The first-order valence-electron chi connectivity index (χ1n) is 6.44. The van der Waals surface area contributed by atoms with Crippen molar-refractivity contribution in [1.82, 2.24) is 9.47 Å². The molecule has 6 nitrogen and oxygen atoms in total. The Kier molecular flexibility index (Phi) is 2.82. The number of hydrogen-bond acceptors (Lipinski definition) is 3. The molecule has 0 radical (unpaired) electrons. The molecule has 1 unspecified atom stereocenters. The number of carboxylic acid groups (broad SMARTS) is 1. The van der Waals surface area contributed by atoms with Gasteiger partial charge in [0.1, 0.15) is 5.69 Å². The van der Waals surface area contributed by atoms with Gasteiger partial charge in [-0.15, -0.1) is 0 Å². The summed E-state index contributed by atoms with van der Waals surface area (Å²) in [4.78, 5) is 25.4. The third-order valence-electron chi connectivity index (χ3n) is 3.94. The minimum Gasteiger partial charge on any atom is -0.478 e. The van der Waals surface area contributed by atoms with E-state index in [9.17, 15) is 14.7 Å². The van der Waals surface area contributed by atoms with Crippen LogP contribution >= 0.6 is 0 Å². The van der Waals surface area contributed by atoms with Crippen LogP contribution in [0.1, 0.15) is 39.9 Å². The average Bonchev–Trinajstić information content (AvgIpc) is 2.76. The lowest BCUT2D eigenvalue weighted by molar-refractivity contribution is 0.0469. The van der Waals surface area contributed by atoms with Crippen molar-refractivity contribution < 1.29 is 19.4 Å². The lowest BCUT2D eigenvalue weighted by Crippen LogP contribution is -2.50. The summed E-state index contributed by atoms with van der Waals surface area (Å²) in [6.45, 7) is 4.05. The minimum atomic E-state index is -1.01. The number of hydrogen-bond donors (Lipinski definition) is 1. The van der Waals surface area contributed by atoms with E-state index >= 15 is 0 Å². The molecule has 3 heterocycles. The predicted octanol–water partition coefficient (Wildman–Crippen LogP) is 0.951. The van der Waals surface area contributed by atoms with Gasteiger partial charge in [-0.05, 0) is 19.4 Å². The fourth-order valence-corrected chi connectivity index (χ4v) is 2.65. The minimum absolute atomic E-state index is 0.0746. The van der Waals surface area contributed by atoms with Gasteiger partial charge in [-0.2, -0.15) is 0 Å². The Hall–Kier alpha value is -1.82. The number of likely N-dealkylation sites (tertiary alicyclic amines) is 1. The van der Waals surface area contributed by atoms with Crippen molar-refractivity contribution >= 4 is 11.9 Å². The molecule has 1 amide bonds. The van der Waals surface area contributed by atoms with Crippen LogP contribution in [-0.2, 0) is 17.9 Å². The summed E-state index contributed by atoms with van der Waals surface area (Å²) in [5.74, 6) is -1.08. The van der Waals surface area contributed by atoms with Crippen LogP contribution in [-0.4, -0.2) is 45.6 Å². The molecule has 1 aromatic heterocycles. The van der Waals surface area contributed by atoms with Crippen molar-refractivity contribution in [2.75, 3.05) is 13.2 Å². The predicted molar refractivity (Wildman–Crippen MR) is 66.2 cm³/mol. The number of carbonyl (C=O) groups is 2. The van der Waals surface area contributed by atoms with Crippen molar-refractivity contribution in [3.05, 3.63) is 23.0 Å². The normalized spacial score (nSPS) is 21.7. The van der Waals surface area contributed by atoms with Gasteiger partial charge in [-0.25, -0.2) is 4.79 Å². The quantitative estimate of drug-likeness (QED) is 0.863. The highest BCUT2D eigenvalue weighted by molar-refractivity contribution is 5.98. The van der Waals surface area contributed by atoms with E-state index in [-0.39, 0.29) is 24.1 Å². The number of carboxylic acids is 1. The van der Waals surface area contributed by atoms with E-state index < -0.39 is 5.97 Å². The maximum Gasteiger partial charge on any atom is 0.337 e. The second-order valence-corrected chi connectivity index (χ2v) is 5.04. The number of nitrogens with zero attached hydrogens (tertiary/aromatic N) is 2. The Morgan fingerprint density at radius 3 is 2.79 bits per heavy atom. The highest BCUT2D eigenvalue weighted by atomic mass is 16.5. The first kappa shape index (κ1) is 12.2. The van der Waals surface area contributed by atoms with Gasteiger partial charge in [0.25, 0.3) is 5.91 Å². The molecule has 0 saturated carbocycles. The zero-order valence-corrected chi connectivity index (χ0v) is 10.8. The SMILES string of the molecule is CC1CCN1C(=O)c1cc(C(=O)O)c2n1CCOC2. The van der Waals surface area contributed by atoms with Crippen LogP contribution in [0.25, 0.3) is 0 Å². The van der Waals surface area contributed by atoms with Gasteiger partial charge >= 0.3 is 5.97 Å². The molecular formula is C13H16N2O4. The highest BCUT2D eigenvalue weighted by Crippen LogP contribution is 2.25. The van der Waals surface area contributed by atoms with Gasteiger partial charge in [0.05, 0.1) is 24.5 Å². The Morgan fingerprint density at radius 2 is 2.21 bits per heavy atom. The largest absolute Gasteiger partial charge is 0.478 e. The van der Waals surface area contributed by atoms with Crippen LogP contribution in [0, 0.1) is 0 Å². The van der Waals surface area contributed by atoms with E-state index in [1.54, 1.807) is 9.47 Å². The van der Waals surface area contributed by atoms with E-state index in [0.29, 0.717) is 24.5 Å². The molecule has 19 heavy (non-hydrogen) atoms. The van der Waals surface area contributed by atoms with Gasteiger partial charge in [0, 0.05) is 19.1 Å². The molecule has 102 valence electrons. The first-order valence-corrected chi connectivity index (χ1v) is 6.44. The summed E-state index contributed by atoms with van der Waals surface area (Å²) in [6.07, 6.45) is 1.01. The third kappa shape index (κ3) is 1.83. The van der Waals surface area contributed by atoms with E-state index in [1.165, 1.54) is 6.07 Å². The zero-order chi connectivity index (χ0) is 13.6. The van der Waals surface area contributed by atoms with Crippen LogP contribution in [0.5, 0.6) is 0 Å². The smallest absolute Gasteiger partial charge is 0.337 e. The number of aromatic carboxylic acids is 1. The molecule has 0 aromatic carbocycles. The Morgan fingerprint density at radius 1 is 1.42 bits per heavy atom. The number of amides is 1. The molecule has 1 fully saturated rings. The molecule has 1 N–H and O–H groups in total. The molecule has 1 saturated heterocycles. The molecule has 1 aromatic rings. The van der Waals surface area contributed by atoms with Crippen LogP contribution < -0.4 is 0 Å². The third-order valence-corrected chi connectivity index (χ3v) is 3.94. The molecule has 3 rings (SSSR count). The number of aromatic nitrogens is 1. The summed E-state index contributed by atoms with van der Waals surface area (Å²) in [5, 5.41) is 9.20. The topological polar surface area (TPSA) is 71.8 Å². The summed E-state index contributed by atoms with van der Waals surface area (Å²) >= 11 is 0. The van der Waals surface area contributed by atoms with Crippen molar-refractivity contribution in [2.45, 2.75) is 32.5 Å².